The minimum absolute atomic E-state index is 0.249. The Labute approximate surface area is 109 Å². The summed E-state index contributed by atoms with van der Waals surface area (Å²) in [6, 6.07) is 5.76. The van der Waals surface area contributed by atoms with E-state index in [-0.39, 0.29) is 18.6 Å². The standard InChI is InChI=1S/C15H21NO2/c1-5-10-18-15(17)12(4)16-14-11(3)8-7-9-13(14)6-2/h5,7-9,12,16H,1,6,10H2,2-4H3/t12-/m0/s1. The largest absolute Gasteiger partial charge is 0.460 e. The van der Waals surface area contributed by atoms with E-state index in [1.54, 1.807) is 13.0 Å². The normalized spacial score (nSPS) is 11.7. The van der Waals surface area contributed by atoms with Gasteiger partial charge in [0, 0.05) is 5.69 Å². The number of hydrogen-bond acceptors (Lipinski definition) is 3. The van der Waals surface area contributed by atoms with E-state index in [0.717, 1.165) is 17.7 Å². The molecule has 1 rings (SSSR count). The molecule has 1 aromatic rings. The number of para-hydroxylation sites is 1. The summed E-state index contributed by atoms with van der Waals surface area (Å²) in [7, 11) is 0. The molecule has 0 aromatic heterocycles. The molecule has 0 aliphatic heterocycles. The third-order valence-corrected chi connectivity index (χ3v) is 2.80. The topological polar surface area (TPSA) is 38.3 Å². The maximum absolute atomic E-state index is 11.7. The number of anilines is 1. The lowest BCUT2D eigenvalue weighted by Crippen LogP contribution is -2.29. The lowest BCUT2D eigenvalue weighted by molar-refractivity contribution is -0.142. The maximum atomic E-state index is 11.7. The van der Waals surface area contributed by atoms with Crippen molar-refractivity contribution in [3.63, 3.8) is 0 Å². The Bertz CT molecular complexity index is 427. The van der Waals surface area contributed by atoms with Gasteiger partial charge in [-0.2, -0.15) is 0 Å². The molecule has 3 nitrogen and oxygen atoms in total. The van der Waals surface area contributed by atoms with E-state index in [1.807, 2.05) is 19.1 Å². The highest BCUT2D eigenvalue weighted by molar-refractivity contribution is 5.79. The van der Waals surface area contributed by atoms with Gasteiger partial charge in [-0.1, -0.05) is 37.8 Å². The number of rotatable bonds is 6. The summed E-state index contributed by atoms with van der Waals surface area (Å²) in [6.07, 6.45) is 2.49. The van der Waals surface area contributed by atoms with E-state index in [4.69, 9.17) is 4.74 Å². The van der Waals surface area contributed by atoms with Crippen LogP contribution >= 0.6 is 0 Å². The highest BCUT2D eigenvalue weighted by Gasteiger charge is 2.15. The van der Waals surface area contributed by atoms with E-state index in [2.05, 4.69) is 24.9 Å². The van der Waals surface area contributed by atoms with Crippen molar-refractivity contribution in [2.24, 2.45) is 0 Å². The average molecular weight is 247 g/mol. The van der Waals surface area contributed by atoms with Crippen LogP contribution < -0.4 is 5.32 Å². The van der Waals surface area contributed by atoms with Crippen molar-refractivity contribution in [3.8, 4) is 0 Å². The summed E-state index contributed by atoms with van der Waals surface area (Å²) in [5.41, 5.74) is 3.37. The van der Waals surface area contributed by atoms with Crippen molar-refractivity contribution in [2.45, 2.75) is 33.2 Å². The van der Waals surface area contributed by atoms with Gasteiger partial charge in [-0.15, -0.1) is 0 Å². The summed E-state index contributed by atoms with van der Waals surface area (Å²) in [5, 5.41) is 3.23. The summed E-state index contributed by atoms with van der Waals surface area (Å²) in [6.45, 7) is 9.70. The van der Waals surface area contributed by atoms with Crippen molar-refractivity contribution in [3.05, 3.63) is 42.0 Å². The number of esters is 1. The van der Waals surface area contributed by atoms with E-state index in [0.29, 0.717) is 0 Å². The summed E-state index contributed by atoms with van der Waals surface area (Å²) < 4.78 is 5.02. The van der Waals surface area contributed by atoms with Crippen LogP contribution in [0.2, 0.25) is 0 Å². The van der Waals surface area contributed by atoms with Crippen LogP contribution in [-0.2, 0) is 16.0 Å². The molecule has 1 atom stereocenters. The van der Waals surface area contributed by atoms with Gasteiger partial charge in [0.15, 0.2) is 0 Å². The number of nitrogens with one attached hydrogen (secondary N) is 1. The third kappa shape index (κ3) is 3.62. The lowest BCUT2D eigenvalue weighted by Gasteiger charge is -2.18. The number of hydrogen-bond donors (Lipinski definition) is 1. The van der Waals surface area contributed by atoms with Crippen LogP contribution in [0, 0.1) is 6.92 Å². The fourth-order valence-electron chi connectivity index (χ4n) is 1.77. The van der Waals surface area contributed by atoms with Crippen LogP contribution in [0.25, 0.3) is 0 Å². The summed E-state index contributed by atoms with van der Waals surface area (Å²) >= 11 is 0. The van der Waals surface area contributed by atoms with Crippen LogP contribution in [0.3, 0.4) is 0 Å². The number of carbonyl (C=O) groups excluding carboxylic acids is 1. The molecule has 0 aliphatic carbocycles. The van der Waals surface area contributed by atoms with Crippen molar-refractivity contribution < 1.29 is 9.53 Å². The van der Waals surface area contributed by atoms with Crippen molar-refractivity contribution in [1.29, 1.82) is 0 Å². The quantitative estimate of drug-likeness (QED) is 0.620. The van der Waals surface area contributed by atoms with E-state index >= 15 is 0 Å². The Morgan fingerprint density at radius 2 is 2.28 bits per heavy atom. The lowest BCUT2D eigenvalue weighted by atomic mass is 10.1. The van der Waals surface area contributed by atoms with Crippen LogP contribution in [0.4, 0.5) is 5.69 Å². The predicted molar refractivity (Wildman–Crippen MR) is 74.8 cm³/mol. The van der Waals surface area contributed by atoms with Gasteiger partial charge in [0.05, 0.1) is 0 Å². The Morgan fingerprint density at radius 1 is 1.56 bits per heavy atom. The van der Waals surface area contributed by atoms with Crippen LogP contribution in [0.1, 0.15) is 25.0 Å². The predicted octanol–water partition coefficient (Wildman–Crippen LogP) is 3.09. The van der Waals surface area contributed by atoms with Crippen molar-refractivity contribution in [1.82, 2.24) is 0 Å². The second kappa shape index (κ2) is 6.84. The first-order valence-electron chi connectivity index (χ1n) is 6.22. The molecular formula is C15H21NO2. The second-order valence-corrected chi connectivity index (χ2v) is 4.25. The molecule has 0 heterocycles. The highest BCUT2D eigenvalue weighted by atomic mass is 16.5. The van der Waals surface area contributed by atoms with Gasteiger partial charge < -0.3 is 10.1 Å². The van der Waals surface area contributed by atoms with Gasteiger partial charge in [-0.3, -0.25) is 0 Å². The molecule has 0 radical (unpaired) electrons. The number of ether oxygens (including phenoxy) is 1. The Balaban J connectivity index is 2.77. The molecule has 0 amide bonds. The SMILES string of the molecule is C=CCOC(=O)[C@H](C)Nc1c(C)cccc1CC. The molecule has 0 spiro atoms. The molecule has 98 valence electrons. The minimum Gasteiger partial charge on any atom is -0.460 e. The first-order valence-corrected chi connectivity index (χ1v) is 6.22. The fraction of sp³-hybridized carbons (Fsp3) is 0.400. The minimum atomic E-state index is -0.364. The molecule has 0 saturated carbocycles. The van der Waals surface area contributed by atoms with Gasteiger partial charge in [0.1, 0.15) is 12.6 Å². The van der Waals surface area contributed by atoms with Crippen LogP contribution in [0.5, 0.6) is 0 Å². The first kappa shape index (κ1) is 14.3. The zero-order chi connectivity index (χ0) is 13.5. The van der Waals surface area contributed by atoms with E-state index in [9.17, 15) is 4.79 Å². The fourth-order valence-corrected chi connectivity index (χ4v) is 1.77. The van der Waals surface area contributed by atoms with Crippen LogP contribution in [0.15, 0.2) is 30.9 Å². The van der Waals surface area contributed by atoms with Crippen molar-refractivity contribution in [2.75, 3.05) is 11.9 Å². The number of aryl methyl sites for hydroxylation is 2. The molecule has 3 heteroatoms. The molecule has 0 unspecified atom stereocenters. The van der Waals surface area contributed by atoms with Gasteiger partial charge in [-0.05, 0) is 31.4 Å². The monoisotopic (exact) mass is 247 g/mol. The van der Waals surface area contributed by atoms with E-state index in [1.165, 1.54) is 5.56 Å². The first-order chi connectivity index (χ1) is 8.60. The molecule has 0 bridgehead atoms. The average Bonchev–Trinajstić information content (AvgIpc) is 2.38. The molecule has 1 N–H and O–H groups in total. The molecule has 0 fully saturated rings. The van der Waals surface area contributed by atoms with E-state index < -0.39 is 0 Å². The Morgan fingerprint density at radius 3 is 2.89 bits per heavy atom. The number of carbonyl (C=O) groups is 1. The van der Waals surface area contributed by atoms with Gasteiger partial charge in [0.25, 0.3) is 0 Å². The third-order valence-electron chi connectivity index (χ3n) is 2.80. The van der Waals surface area contributed by atoms with Gasteiger partial charge >= 0.3 is 5.97 Å². The molecule has 1 aromatic carbocycles. The zero-order valence-electron chi connectivity index (χ0n) is 11.3. The molecule has 0 aliphatic rings. The van der Waals surface area contributed by atoms with Gasteiger partial charge in [-0.25, -0.2) is 4.79 Å². The Kier molecular flexibility index (Phi) is 5.43. The summed E-state index contributed by atoms with van der Waals surface area (Å²) in [4.78, 5) is 11.7. The smallest absolute Gasteiger partial charge is 0.328 e. The van der Waals surface area contributed by atoms with Gasteiger partial charge in [0.2, 0.25) is 0 Å². The number of benzene rings is 1. The molecule has 0 saturated heterocycles. The second-order valence-electron chi connectivity index (χ2n) is 4.25. The Hall–Kier alpha value is -1.77. The molecule has 18 heavy (non-hydrogen) atoms. The summed E-state index contributed by atoms with van der Waals surface area (Å²) in [5.74, 6) is -0.264. The zero-order valence-corrected chi connectivity index (χ0v) is 11.3. The molecular weight excluding hydrogens is 226 g/mol. The van der Waals surface area contributed by atoms with Crippen LogP contribution in [-0.4, -0.2) is 18.6 Å². The highest BCUT2D eigenvalue weighted by Crippen LogP contribution is 2.22. The van der Waals surface area contributed by atoms with Crippen molar-refractivity contribution >= 4 is 11.7 Å². The maximum Gasteiger partial charge on any atom is 0.328 e.